The van der Waals surface area contributed by atoms with Crippen molar-refractivity contribution in [3.8, 4) is 0 Å². The molecule has 3 nitrogen and oxygen atoms in total. The second-order valence-corrected chi connectivity index (χ2v) is 4.96. The lowest BCUT2D eigenvalue weighted by molar-refractivity contribution is 0.194. The molecule has 88 valence electrons. The van der Waals surface area contributed by atoms with Crippen LogP contribution in [0, 0.1) is 0 Å². The summed E-state index contributed by atoms with van der Waals surface area (Å²) in [7, 11) is 0. The Labute approximate surface area is 109 Å². The minimum absolute atomic E-state index is 0.549. The molecule has 2 aromatic rings. The molecule has 0 saturated heterocycles. The van der Waals surface area contributed by atoms with E-state index < -0.39 is 6.10 Å². The third-order valence-corrected chi connectivity index (χ3v) is 3.54. The molecular weight excluding hydrogens is 256 g/mol. The number of aromatic nitrogens is 2. The van der Waals surface area contributed by atoms with Gasteiger partial charge in [-0.2, -0.15) is 0 Å². The summed E-state index contributed by atoms with van der Waals surface area (Å²) in [6.45, 7) is 1.69. The molecule has 0 aromatic carbocycles. The van der Waals surface area contributed by atoms with E-state index in [1.54, 1.807) is 37.5 Å². The molecule has 0 aliphatic carbocycles. The molecule has 5 heteroatoms. The van der Waals surface area contributed by atoms with Crippen molar-refractivity contribution in [2.24, 2.45) is 0 Å². The van der Waals surface area contributed by atoms with Gasteiger partial charge in [-0.25, -0.2) is 4.98 Å². The van der Waals surface area contributed by atoms with Crippen molar-refractivity contribution in [1.29, 1.82) is 0 Å². The van der Waals surface area contributed by atoms with E-state index in [1.165, 1.54) is 11.8 Å². The van der Waals surface area contributed by atoms with Crippen LogP contribution >= 0.6 is 23.4 Å². The highest BCUT2D eigenvalue weighted by molar-refractivity contribution is 7.99. The molecule has 0 spiro atoms. The Balaban J connectivity index is 2.17. The summed E-state index contributed by atoms with van der Waals surface area (Å²) in [5.41, 5.74) is 0.654. The molecule has 0 amide bonds. The van der Waals surface area contributed by atoms with Crippen molar-refractivity contribution in [2.45, 2.75) is 22.9 Å². The van der Waals surface area contributed by atoms with E-state index in [0.717, 1.165) is 9.92 Å². The van der Waals surface area contributed by atoms with Gasteiger partial charge in [0, 0.05) is 17.3 Å². The first-order valence-electron chi connectivity index (χ1n) is 5.09. The Morgan fingerprint density at radius 3 is 2.71 bits per heavy atom. The summed E-state index contributed by atoms with van der Waals surface area (Å²) in [5.74, 6) is 0. The number of aliphatic hydroxyl groups excluding tert-OH is 1. The minimum atomic E-state index is -0.549. The fraction of sp³-hybridized carbons (Fsp3) is 0.167. The molecule has 0 fully saturated rings. The number of hydrogen-bond acceptors (Lipinski definition) is 4. The smallest absolute Gasteiger partial charge is 0.119 e. The van der Waals surface area contributed by atoms with Crippen LogP contribution in [0.25, 0.3) is 0 Å². The van der Waals surface area contributed by atoms with Gasteiger partial charge in [0.15, 0.2) is 0 Å². The van der Waals surface area contributed by atoms with Crippen LogP contribution in [0.4, 0.5) is 0 Å². The highest BCUT2D eigenvalue weighted by Gasteiger charge is 2.05. The van der Waals surface area contributed by atoms with E-state index in [0.29, 0.717) is 10.7 Å². The topological polar surface area (TPSA) is 46.0 Å². The first kappa shape index (κ1) is 12.4. The normalized spacial score (nSPS) is 12.4. The maximum Gasteiger partial charge on any atom is 0.119 e. The van der Waals surface area contributed by atoms with E-state index in [-0.39, 0.29) is 0 Å². The van der Waals surface area contributed by atoms with Gasteiger partial charge >= 0.3 is 0 Å². The number of rotatable bonds is 3. The number of hydrogen-bond donors (Lipinski definition) is 1. The van der Waals surface area contributed by atoms with Crippen LogP contribution in [0.1, 0.15) is 18.7 Å². The second-order valence-electron chi connectivity index (χ2n) is 3.49. The predicted octanol–water partition coefficient (Wildman–Crippen LogP) is 3.33. The van der Waals surface area contributed by atoms with E-state index in [4.69, 9.17) is 11.6 Å². The van der Waals surface area contributed by atoms with Gasteiger partial charge in [0.1, 0.15) is 5.03 Å². The SMILES string of the molecule is C[C@H](O)c1ccc(Sc2ncccc2Cl)cn1. The standard InChI is InChI=1S/C12H11ClN2OS/c1-8(16)11-5-4-9(7-15-11)17-12-10(13)3-2-6-14-12/h2-8,16H,1H3/t8-/m0/s1. The molecule has 0 aliphatic rings. The van der Waals surface area contributed by atoms with E-state index in [2.05, 4.69) is 9.97 Å². The molecule has 1 atom stereocenters. The molecule has 1 N–H and O–H groups in total. The van der Waals surface area contributed by atoms with Crippen LogP contribution in [-0.4, -0.2) is 15.1 Å². The summed E-state index contributed by atoms with van der Waals surface area (Å²) in [6, 6.07) is 7.28. The third kappa shape index (κ3) is 3.19. The molecule has 0 radical (unpaired) electrons. The summed E-state index contributed by atoms with van der Waals surface area (Å²) < 4.78 is 0. The molecule has 0 saturated carbocycles. The molecule has 0 aliphatic heterocycles. The Morgan fingerprint density at radius 1 is 1.29 bits per heavy atom. The zero-order chi connectivity index (χ0) is 12.3. The van der Waals surface area contributed by atoms with Crippen molar-refractivity contribution in [2.75, 3.05) is 0 Å². The lowest BCUT2D eigenvalue weighted by atomic mass is 10.2. The van der Waals surface area contributed by atoms with E-state index in [1.807, 2.05) is 6.07 Å². The number of nitrogens with zero attached hydrogens (tertiary/aromatic N) is 2. The van der Waals surface area contributed by atoms with Gasteiger partial charge in [-0.05, 0) is 31.2 Å². The highest BCUT2D eigenvalue weighted by Crippen LogP contribution is 2.30. The van der Waals surface area contributed by atoms with E-state index in [9.17, 15) is 5.11 Å². The monoisotopic (exact) mass is 266 g/mol. The molecule has 0 bridgehead atoms. The van der Waals surface area contributed by atoms with Crippen LogP contribution in [-0.2, 0) is 0 Å². The molecule has 0 unspecified atom stereocenters. The Kier molecular flexibility index (Phi) is 3.99. The van der Waals surface area contributed by atoms with Crippen molar-refractivity contribution in [3.63, 3.8) is 0 Å². The van der Waals surface area contributed by atoms with Crippen molar-refractivity contribution in [1.82, 2.24) is 9.97 Å². The lowest BCUT2D eigenvalue weighted by Crippen LogP contribution is -1.94. The van der Waals surface area contributed by atoms with Crippen molar-refractivity contribution >= 4 is 23.4 Å². The molecule has 2 rings (SSSR count). The van der Waals surface area contributed by atoms with Crippen LogP contribution < -0.4 is 0 Å². The summed E-state index contributed by atoms with van der Waals surface area (Å²) in [4.78, 5) is 9.29. The fourth-order valence-corrected chi connectivity index (χ4v) is 2.24. The zero-order valence-electron chi connectivity index (χ0n) is 9.17. The molecule has 2 aromatic heterocycles. The van der Waals surface area contributed by atoms with E-state index >= 15 is 0 Å². The summed E-state index contributed by atoms with van der Waals surface area (Å²) in [6.07, 6.45) is 2.86. The quantitative estimate of drug-likeness (QED) is 0.926. The Hall–Kier alpha value is -1.10. The van der Waals surface area contributed by atoms with Crippen LogP contribution in [0.3, 0.4) is 0 Å². The fourth-order valence-electron chi connectivity index (χ4n) is 1.26. The van der Waals surface area contributed by atoms with Gasteiger partial charge < -0.3 is 5.11 Å². The first-order valence-corrected chi connectivity index (χ1v) is 6.28. The maximum atomic E-state index is 9.35. The average Bonchev–Trinajstić information content (AvgIpc) is 2.33. The maximum absolute atomic E-state index is 9.35. The van der Waals surface area contributed by atoms with Gasteiger partial charge in [0.05, 0.1) is 16.8 Å². The van der Waals surface area contributed by atoms with Gasteiger partial charge in [-0.3, -0.25) is 4.98 Å². The van der Waals surface area contributed by atoms with Crippen molar-refractivity contribution in [3.05, 3.63) is 47.4 Å². The number of aliphatic hydroxyl groups is 1. The largest absolute Gasteiger partial charge is 0.387 e. The zero-order valence-corrected chi connectivity index (χ0v) is 10.7. The first-order chi connectivity index (χ1) is 8.16. The van der Waals surface area contributed by atoms with Crippen molar-refractivity contribution < 1.29 is 5.11 Å². The highest BCUT2D eigenvalue weighted by atomic mass is 35.5. The second kappa shape index (κ2) is 5.49. The predicted molar refractivity (Wildman–Crippen MR) is 68.2 cm³/mol. The summed E-state index contributed by atoms with van der Waals surface area (Å²) >= 11 is 7.46. The minimum Gasteiger partial charge on any atom is -0.387 e. The van der Waals surface area contributed by atoms with Gasteiger partial charge in [0.25, 0.3) is 0 Å². The Morgan fingerprint density at radius 2 is 2.12 bits per heavy atom. The summed E-state index contributed by atoms with van der Waals surface area (Å²) in [5, 5.41) is 10.7. The van der Waals surface area contributed by atoms with Gasteiger partial charge in [-0.15, -0.1) is 0 Å². The molecule has 17 heavy (non-hydrogen) atoms. The number of pyridine rings is 2. The average molecular weight is 267 g/mol. The Bertz CT molecular complexity index is 502. The van der Waals surface area contributed by atoms with Crippen LogP contribution in [0.5, 0.6) is 0 Å². The lowest BCUT2D eigenvalue weighted by Gasteiger charge is -2.05. The number of halogens is 1. The third-order valence-electron chi connectivity index (χ3n) is 2.13. The van der Waals surface area contributed by atoms with Gasteiger partial charge in [0.2, 0.25) is 0 Å². The van der Waals surface area contributed by atoms with Crippen LogP contribution in [0.2, 0.25) is 5.02 Å². The molecule has 2 heterocycles. The van der Waals surface area contributed by atoms with Crippen LogP contribution in [0.15, 0.2) is 46.6 Å². The van der Waals surface area contributed by atoms with Gasteiger partial charge in [-0.1, -0.05) is 23.4 Å². The molecular formula is C12H11ClN2OS.